The van der Waals surface area contributed by atoms with Crippen LogP contribution in [0, 0.1) is 22.0 Å². The van der Waals surface area contributed by atoms with Gasteiger partial charge in [-0.15, -0.1) is 0 Å². The molecule has 2 amide bonds. The van der Waals surface area contributed by atoms with E-state index >= 15 is 0 Å². The Hall–Kier alpha value is -2.49. The summed E-state index contributed by atoms with van der Waals surface area (Å²) in [5.41, 5.74) is -4.63. The topological polar surface area (TPSA) is 89.8 Å². The predicted octanol–water partition coefficient (Wildman–Crippen LogP) is 3.06. The van der Waals surface area contributed by atoms with Crippen molar-refractivity contribution in [1.29, 1.82) is 0 Å². The Morgan fingerprint density at radius 2 is 1.67 bits per heavy atom. The summed E-state index contributed by atoms with van der Waals surface area (Å²) in [7, 11) is 0. The molecule has 0 N–H and O–H groups in total. The van der Waals surface area contributed by atoms with E-state index in [1.807, 2.05) is 0 Å². The Morgan fingerprint density at radius 1 is 1.15 bits per heavy atom. The summed E-state index contributed by atoms with van der Waals surface area (Å²) in [6.45, 7) is 3.46. The zero-order valence-electron chi connectivity index (χ0n) is 14.4. The summed E-state index contributed by atoms with van der Waals surface area (Å²) < 4.78 is 45.7. The largest absolute Gasteiger partial charge is 0.423 e. The molecule has 3 aliphatic rings. The fourth-order valence-electron chi connectivity index (χ4n) is 4.77. The molecular weight excluding hydrogens is 369 g/mol. The highest BCUT2D eigenvalue weighted by atomic mass is 19.4. The van der Waals surface area contributed by atoms with Crippen molar-refractivity contribution in [3.05, 3.63) is 33.9 Å². The van der Waals surface area contributed by atoms with Crippen molar-refractivity contribution in [2.45, 2.75) is 44.1 Å². The lowest BCUT2D eigenvalue weighted by Gasteiger charge is -2.27. The van der Waals surface area contributed by atoms with Crippen LogP contribution in [-0.4, -0.2) is 27.9 Å². The molecule has 27 heavy (non-hydrogen) atoms. The molecule has 144 valence electrons. The maximum atomic E-state index is 13.2. The SMILES string of the molecule is CC12CCC(C)(O1)[C@H]1C(=O)N(c3ccc([N+](=O)[O-])c(C(F)(F)F)c3)C(=O)[C@H]12. The third-order valence-electron chi connectivity index (χ3n) is 5.95. The summed E-state index contributed by atoms with van der Waals surface area (Å²) in [5.74, 6) is -2.79. The highest BCUT2D eigenvalue weighted by Crippen LogP contribution is 2.61. The third kappa shape index (κ3) is 2.25. The number of halogens is 3. The molecule has 3 aliphatic heterocycles. The van der Waals surface area contributed by atoms with Gasteiger partial charge in [-0.3, -0.25) is 19.7 Å². The minimum absolute atomic E-state index is 0.316. The van der Waals surface area contributed by atoms with Crippen LogP contribution in [0.2, 0.25) is 0 Å². The highest BCUT2D eigenvalue weighted by molar-refractivity contribution is 6.23. The molecule has 3 saturated heterocycles. The quantitative estimate of drug-likeness (QED) is 0.444. The number of rotatable bonds is 2. The first-order chi connectivity index (χ1) is 12.4. The number of ether oxygens (including phenoxy) is 1. The van der Waals surface area contributed by atoms with Gasteiger partial charge in [0.2, 0.25) is 11.8 Å². The number of carbonyl (C=O) groups is 2. The van der Waals surface area contributed by atoms with Crippen LogP contribution in [0.5, 0.6) is 0 Å². The third-order valence-corrected chi connectivity index (χ3v) is 5.95. The van der Waals surface area contributed by atoms with Crippen molar-refractivity contribution in [2.75, 3.05) is 4.90 Å². The number of imide groups is 1. The van der Waals surface area contributed by atoms with Gasteiger partial charge in [0.15, 0.2) is 0 Å². The lowest BCUT2D eigenvalue weighted by atomic mass is 9.69. The molecule has 0 radical (unpaired) electrons. The maximum Gasteiger partial charge on any atom is 0.423 e. The number of nitro groups is 1. The van der Waals surface area contributed by atoms with Gasteiger partial charge in [-0.1, -0.05) is 0 Å². The van der Waals surface area contributed by atoms with Gasteiger partial charge in [0.1, 0.15) is 5.56 Å². The number of fused-ring (bicyclic) bond motifs is 5. The van der Waals surface area contributed by atoms with E-state index in [1.54, 1.807) is 13.8 Å². The van der Waals surface area contributed by atoms with Gasteiger partial charge in [-0.2, -0.15) is 13.2 Å². The summed E-state index contributed by atoms with van der Waals surface area (Å²) in [4.78, 5) is 36.3. The van der Waals surface area contributed by atoms with E-state index in [0.717, 1.165) is 11.0 Å². The monoisotopic (exact) mass is 384 g/mol. The number of hydrogen-bond donors (Lipinski definition) is 0. The zero-order valence-corrected chi connectivity index (χ0v) is 14.4. The summed E-state index contributed by atoms with van der Waals surface area (Å²) in [6.07, 6.45) is -3.85. The lowest BCUT2D eigenvalue weighted by molar-refractivity contribution is -0.388. The maximum absolute atomic E-state index is 13.2. The van der Waals surface area contributed by atoms with Gasteiger partial charge in [-0.25, -0.2) is 4.90 Å². The first kappa shape index (κ1) is 17.9. The molecule has 4 atom stereocenters. The fourth-order valence-corrected chi connectivity index (χ4v) is 4.77. The first-order valence-corrected chi connectivity index (χ1v) is 8.33. The van der Waals surface area contributed by atoms with Crippen LogP contribution in [0.1, 0.15) is 32.3 Å². The lowest BCUT2D eigenvalue weighted by Crippen LogP contribution is -2.40. The Labute approximate surface area is 151 Å². The molecule has 2 bridgehead atoms. The van der Waals surface area contributed by atoms with Gasteiger partial charge in [-0.05, 0) is 38.8 Å². The predicted molar refractivity (Wildman–Crippen MR) is 84.7 cm³/mol. The van der Waals surface area contributed by atoms with Crippen molar-refractivity contribution in [3.63, 3.8) is 0 Å². The van der Waals surface area contributed by atoms with Crippen LogP contribution in [0.25, 0.3) is 0 Å². The molecule has 7 nitrogen and oxygen atoms in total. The van der Waals surface area contributed by atoms with Crippen molar-refractivity contribution >= 4 is 23.2 Å². The summed E-state index contributed by atoms with van der Waals surface area (Å²) in [6, 6.07) is 2.15. The fraction of sp³-hybridized carbons (Fsp3) is 0.529. The number of anilines is 1. The summed E-state index contributed by atoms with van der Waals surface area (Å²) in [5, 5.41) is 10.9. The molecule has 4 rings (SSSR count). The van der Waals surface area contributed by atoms with Gasteiger partial charge < -0.3 is 4.74 Å². The highest BCUT2D eigenvalue weighted by Gasteiger charge is 2.72. The van der Waals surface area contributed by atoms with E-state index in [-0.39, 0.29) is 5.69 Å². The van der Waals surface area contributed by atoms with Crippen LogP contribution in [-0.2, 0) is 20.5 Å². The van der Waals surface area contributed by atoms with Crippen molar-refractivity contribution in [1.82, 2.24) is 0 Å². The van der Waals surface area contributed by atoms with Crippen LogP contribution in [0.4, 0.5) is 24.5 Å². The number of amides is 2. The molecule has 10 heteroatoms. The second-order valence-electron chi connectivity index (χ2n) is 7.65. The first-order valence-electron chi connectivity index (χ1n) is 8.33. The van der Waals surface area contributed by atoms with Gasteiger partial charge in [0.25, 0.3) is 5.69 Å². The Morgan fingerprint density at radius 3 is 2.11 bits per heavy atom. The van der Waals surface area contributed by atoms with Crippen molar-refractivity contribution in [3.8, 4) is 0 Å². The Kier molecular flexibility index (Phi) is 3.36. The Bertz CT molecular complexity index is 867. The number of hydrogen-bond acceptors (Lipinski definition) is 5. The van der Waals surface area contributed by atoms with Crippen molar-refractivity contribution in [2.24, 2.45) is 11.8 Å². The van der Waals surface area contributed by atoms with E-state index in [1.165, 1.54) is 0 Å². The molecule has 1 aromatic carbocycles. The van der Waals surface area contributed by atoms with Gasteiger partial charge in [0.05, 0.1) is 33.6 Å². The molecule has 2 unspecified atom stereocenters. The number of benzene rings is 1. The van der Waals surface area contributed by atoms with E-state index in [2.05, 4.69) is 0 Å². The second kappa shape index (κ2) is 5.06. The van der Waals surface area contributed by atoms with E-state index in [0.29, 0.717) is 25.0 Å². The normalized spacial score (nSPS) is 35.1. The molecule has 3 heterocycles. The smallest absolute Gasteiger partial charge is 0.367 e. The minimum atomic E-state index is -5.00. The molecule has 0 saturated carbocycles. The second-order valence-corrected chi connectivity index (χ2v) is 7.65. The van der Waals surface area contributed by atoms with E-state index in [4.69, 9.17) is 4.74 Å². The van der Waals surface area contributed by atoms with Crippen LogP contribution < -0.4 is 4.90 Å². The molecule has 0 spiro atoms. The van der Waals surface area contributed by atoms with Crippen molar-refractivity contribution < 1.29 is 32.4 Å². The molecule has 1 aromatic rings. The summed E-state index contributed by atoms with van der Waals surface area (Å²) >= 11 is 0. The number of carbonyl (C=O) groups excluding carboxylic acids is 2. The molecular formula is C17H15F3N2O5. The van der Waals surface area contributed by atoms with E-state index in [9.17, 15) is 32.9 Å². The number of alkyl halides is 3. The standard InChI is InChI=1S/C17H15F3N2O5/c1-15-5-6-16(2,27-15)12-11(15)13(23)21(14(12)24)8-3-4-10(22(25)26)9(7-8)17(18,19)20/h3-4,7,11-12H,5-6H2,1-2H3/t11-,12+,15?,16?. The van der Waals surface area contributed by atoms with E-state index < -0.39 is 57.2 Å². The Balaban J connectivity index is 1.81. The average molecular weight is 384 g/mol. The van der Waals surface area contributed by atoms with Crippen LogP contribution in [0.3, 0.4) is 0 Å². The average Bonchev–Trinajstić information content (AvgIpc) is 3.10. The number of nitro benzene ring substituents is 1. The zero-order chi connectivity index (χ0) is 19.9. The van der Waals surface area contributed by atoms with Crippen LogP contribution in [0.15, 0.2) is 18.2 Å². The molecule has 0 aromatic heterocycles. The van der Waals surface area contributed by atoms with Gasteiger partial charge >= 0.3 is 6.18 Å². The van der Waals surface area contributed by atoms with Crippen LogP contribution >= 0.6 is 0 Å². The minimum Gasteiger partial charge on any atom is -0.367 e. The number of nitrogens with zero attached hydrogens (tertiary/aromatic N) is 2. The molecule has 3 fully saturated rings. The molecule has 0 aliphatic carbocycles. The van der Waals surface area contributed by atoms with Gasteiger partial charge in [0, 0.05) is 6.07 Å².